The molecule has 1 aromatic rings. The number of amides is 2. The van der Waals surface area contributed by atoms with E-state index in [1.165, 1.54) is 16.7 Å². The Hall–Kier alpha value is -1.53. The first-order valence-electron chi connectivity index (χ1n) is 7.29. The van der Waals surface area contributed by atoms with Crippen LogP contribution in [0.25, 0.3) is 0 Å². The van der Waals surface area contributed by atoms with E-state index in [0.717, 1.165) is 36.8 Å². The van der Waals surface area contributed by atoms with Crippen molar-refractivity contribution in [3.05, 3.63) is 24.3 Å². The monoisotopic (exact) mass is 306 g/mol. The zero-order valence-electron chi connectivity index (χ0n) is 12.1. The lowest BCUT2D eigenvalue weighted by Crippen LogP contribution is -3.12. The Balaban J connectivity index is 1.63. The third kappa shape index (κ3) is 3.22. The molecule has 2 amide bonds. The van der Waals surface area contributed by atoms with Crippen LogP contribution in [0.15, 0.2) is 29.2 Å². The van der Waals surface area contributed by atoms with Gasteiger partial charge >= 0.3 is 0 Å². The third-order valence-corrected chi connectivity index (χ3v) is 5.31. The lowest BCUT2D eigenvalue weighted by Gasteiger charge is -2.31. The first-order valence-corrected chi connectivity index (χ1v) is 8.17. The van der Waals surface area contributed by atoms with Gasteiger partial charge in [-0.15, -0.1) is 11.8 Å². The minimum atomic E-state index is -0.320. The molecule has 0 aliphatic carbocycles. The summed E-state index contributed by atoms with van der Waals surface area (Å²) >= 11 is 1.49. The third-order valence-electron chi connectivity index (χ3n) is 4.04. The Labute approximate surface area is 128 Å². The van der Waals surface area contributed by atoms with Gasteiger partial charge in [-0.05, 0) is 12.1 Å². The fourth-order valence-corrected chi connectivity index (χ4v) is 3.75. The lowest BCUT2D eigenvalue weighted by atomic mass is 10.2. The molecular formula is C15H20N3O2S+. The Morgan fingerprint density at radius 1 is 1.38 bits per heavy atom. The van der Waals surface area contributed by atoms with Gasteiger partial charge in [0.25, 0.3) is 0 Å². The molecular weight excluding hydrogens is 286 g/mol. The van der Waals surface area contributed by atoms with Gasteiger partial charge in [-0.3, -0.25) is 9.59 Å². The number of anilines is 1. The van der Waals surface area contributed by atoms with Crippen molar-refractivity contribution in [2.24, 2.45) is 0 Å². The summed E-state index contributed by atoms with van der Waals surface area (Å²) in [7, 11) is 2.14. The minimum absolute atomic E-state index is 0.0631. The molecule has 0 saturated carbocycles. The number of para-hydroxylation sites is 1. The number of fused-ring (bicyclic) bond motifs is 1. The van der Waals surface area contributed by atoms with E-state index in [4.69, 9.17) is 0 Å². The molecule has 0 bridgehead atoms. The molecule has 2 heterocycles. The summed E-state index contributed by atoms with van der Waals surface area (Å²) in [6.07, 6.45) is 0.282. The predicted octanol–water partition coefficient (Wildman–Crippen LogP) is -0.154. The molecule has 1 unspecified atom stereocenters. The number of likely N-dealkylation sites (N-methyl/N-ethyl adjacent to an activating group) is 1. The number of hydrogen-bond donors (Lipinski definition) is 2. The fourth-order valence-electron chi connectivity index (χ4n) is 2.65. The van der Waals surface area contributed by atoms with Crippen LogP contribution in [0.1, 0.15) is 6.42 Å². The van der Waals surface area contributed by atoms with E-state index in [0.29, 0.717) is 0 Å². The van der Waals surface area contributed by atoms with E-state index in [-0.39, 0.29) is 23.5 Å². The summed E-state index contributed by atoms with van der Waals surface area (Å²) in [6, 6.07) is 7.72. The smallest absolute Gasteiger partial charge is 0.238 e. The Bertz CT molecular complexity index is 556. The van der Waals surface area contributed by atoms with Crippen LogP contribution in [0.2, 0.25) is 0 Å². The molecule has 1 saturated heterocycles. The second kappa shape index (κ2) is 6.07. The van der Waals surface area contributed by atoms with Gasteiger partial charge in [0.1, 0.15) is 0 Å². The van der Waals surface area contributed by atoms with Gasteiger partial charge in [0, 0.05) is 11.3 Å². The highest BCUT2D eigenvalue weighted by Gasteiger charge is 2.31. The number of piperazine rings is 1. The average molecular weight is 306 g/mol. The van der Waals surface area contributed by atoms with Gasteiger partial charge in [-0.25, -0.2) is 0 Å². The molecule has 112 valence electrons. The van der Waals surface area contributed by atoms with E-state index in [1.807, 2.05) is 29.2 Å². The van der Waals surface area contributed by atoms with Gasteiger partial charge in [-0.1, -0.05) is 12.1 Å². The SMILES string of the molecule is C[NH+]1CCN(C(=O)CC2Sc3ccccc3NC2=O)CC1. The largest absolute Gasteiger partial charge is 0.334 e. The minimum Gasteiger partial charge on any atom is -0.334 e. The van der Waals surface area contributed by atoms with Crippen molar-refractivity contribution in [1.82, 2.24) is 4.90 Å². The molecule has 0 spiro atoms. The Morgan fingerprint density at radius 3 is 2.86 bits per heavy atom. The normalized spacial score (nSPS) is 22.6. The standard InChI is InChI=1S/C15H19N3O2S/c1-17-6-8-18(9-7-17)14(19)10-13-15(20)16-11-4-2-3-5-12(11)21-13/h2-5,13H,6-10H2,1H3,(H,16,20)/p+1. The quantitative estimate of drug-likeness (QED) is 0.799. The molecule has 1 fully saturated rings. The number of nitrogens with one attached hydrogen (secondary N) is 2. The maximum Gasteiger partial charge on any atom is 0.238 e. The Kier molecular flexibility index (Phi) is 4.17. The summed E-state index contributed by atoms with van der Waals surface area (Å²) in [4.78, 5) is 28.9. The number of quaternary nitrogens is 1. The molecule has 0 aromatic heterocycles. The number of rotatable bonds is 2. The van der Waals surface area contributed by atoms with Crippen LogP contribution >= 0.6 is 11.8 Å². The predicted molar refractivity (Wildman–Crippen MR) is 82.5 cm³/mol. The van der Waals surface area contributed by atoms with Gasteiger partial charge < -0.3 is 15.1 Å². The van der Waals surface area contributed by atoms with Crippen molar-refractivity contribution >= 4 is 29.3 Å². The number of carbonyl (C=O) groups excluding carboxylic acids is 2. The van der Waals surface area contributed by atoms with E-state index in [1.54, 1.807) is 0 Å². The van der Waals surface area contributed by atoms with Gasteiger partial charge in [-0.2, -0.15) is 0 Å². The van der Waals surface area contributed by atoms with E-state index >= 15 is 0 Å². The number of hydrogen-bond acceptors (Lipinski definition) is 3. The first kappa shape index (κ1) is 14.4. The van der Waals surface area contributed by atoms with Crippen LogP contribution in [0.3, 0.4) is 0 Å². The molecule has 1 aromatic carbocycles. The molecule has 2 N–H and O–H groups in total. The van der Waals surface area contributed by atoms with Gasteiger partial charge in [0.2, 0.25) is 11.8 Å². The molecule has 21 heavy (non-hydrogen) atoms. The summed E-state index contributed by atoms with van der Waals surface area (Å²) in [5.74, 6) is 0.0290. The molecule has 3 rings (SSSR count). The Morgan fingerprint density at radius 2 is 2.10 bits per heavy atom. The van der Waals surface area contributed by atoms with Crippen molar-refractivity contribution in [1.29, 1.82) is 0 Å². The van der Waals surface area contributed by atoms with Crippen molar-refractivity contribution < 1.29 is 14.5 Å². The number of thioether (sulfide) groups is 1. The lowest BCUT2D eigenvalue weighted by molar-refractivity contribution is -0.883. The molecule has 2 aliphatic heterocycles. The van der Waals surface area contributed by atoms with Crippen LogP contribution in [0.5, 0.6) is 0 Å². The summed E-state index contributed by atoms with van der Waals surface area (Å²) < 4.78 is 0. The number of nitrogens with zero attached hydrogens (tertiary/aromatic N) is 1. The molecule has 1 atom stereocenters. The number of carbonyl (C=O) groups is 2. The van der Waals surface area contributed by atoms with Crippen molar-refractivity contribution in [2.75, 3.05) is 38.5 Å². The van der Waals surface area contributed by atoms with Crippen LogP contribution in [-0.2, 0) is 9.59 Å². The van der Waals surface area contributed by atoms with Crippen LogP contribution in [0.4, 0.5) is 5.69 Å². The zero-order chi connectivity index (χ0) is 14.8. The van der Waals surface area contributed by atoms with E-state index < -0.39 is 0 Å². The van der Waals surface area contributed by atoms with E-state index in [9.17, 15) is 9.59 Å². The topological polar surface area (TPSA) is 53.9 Å². The average Bonchev–Trinajstić information content (AvgIpc) is 2.48. The van der Waals surface area contributed by atoms with Gasteiger partial charge in [0.15, 0.2) is 0 Å². The summed E-state index contributed by atoms with van der Waals surface area (Å²) in [5, 5.41) is 2.57. The van der Waals surface area contributed by atoms with Crippen LogP contribution in [-0.4, -0.2) is 55.2 Å². The van der Waals surface area contributed by atoms with Gasteiger partial charge in [0.05, 0.1) is 44.2 Å². The van der Waals surface area contributed by atoms with Crippen LogP contribution < -0.4 is 10.2 Å². The second-order valence-corrected chi connectivity index (χ2v) is 6.88. The zero-order valence-corrected chi connectivity index (χ0v) is 12.9. The molecule has 2 aliphatic rings. The number of benzene rings is 1. The fraction of sp³-hybridized carbons (Fsp3) is 0.467. The molecule has 0 radical (unpaired) electrons. The summed E-state index contributed by atoms with van der Waals surface area (Å²) in [6.45, 7) is 3.55. The van der Waals surface area contributed by atoms with Crippen LogP contribution in [0, 0.1) is 0 Å². The van der Waals surface area contributed by atoms with E-state index in [2.05, 4.69) is 12.4 Å². The van der Waals surface area contributed by atoms with Crippen molar-refractivity contribution in [3.63, 3.8) is 0 Å². The molecule has 5 nitrogen and oxygen atoms in total. The summed E-state index contributed by atoms with van der Waals surface area (Å²) in [5.41, 5.74) is 0.847. The van der Waals surface area contributed by atoms with Crippen molar-refractivity contribution in [3.8, 4) is 0 Å². The highest BCUT2D eigenvalue weighted by Crippen LogP contribution is 2.36. The second-order valence-electron chi connectivity index (χ2n) is 5.63. The maximum absolute atomic E-state index is 12.4. The highest BCUT2D eigenvalue weighted by molar-refractivity contribution is 8.01. The van der Waals surface area contributed by atoms with Crippen molar-refractivity contribution in [2.45, 2.75) is 16.6 Å². The highest BCUT2D eigenvalue weighted by atomic mass is 32.2. The first-order chi connectivity index (χ1) is 10.1. The maximum atomic E-state index is 12.4. The molecule has 6 heteroatoms.